The van der Waals surface area contributed by atoms with Crippen molar-refractivity contribution in [1.82, 2.24) is 5.32 Å². The SMILES string of the molecule is CCC1CC(C)NC2OC2C1C. The van der Waals surface area contributed by atoms with Crippen LogP contribution in [-0.2, 0) is 4.74 Å². The zero-order chi connectivity index (χ0) is 8.72. The van der Waals surface area contributed by atoms with Crippen molar-refractivity contribution in [3.05, 3.63) is 0 Å². The normalized spacial score (nSPS) is 52.8. The fourth-order valence-corrected chi connectivity index (χ4v) is 2.48. The molecule has 2 saturated heterocycles. The van der Waals surface area contributed by atoms with Gasteiger partial charge in [0, 0.05) is 6.04 Å². The van der Waals surface area contributed by atoms with Gasteiger partial charge in [-0.25, -0.2) is 0 Å². The highest BCUT2D eigenvalue weighted by molar-refractivity contribution is 4.95. The van der Waals surface area contributed by atoms with E-state index in [1.165, 1.54) is 12.8 Å². The first-order valence-corrected chi connectivity index (χ1v) is 5.14. The summed E-state index contributed by atoms with van der Waals surface area (Å²) >= 11 is 0. The summed E-state index contributed by atoms with van der Waals surface area (Å²) in [4.78, 5) is 0. The Morgan fingerprint density at radius 3 is 2.83 bits per heavy atom. The van der Waals surface area contributed by atoms with Crippen molar-refractivity contribution in [1.29, 1.82) is 0 Å². The van der Waals surface area contributed by atoms with E-state index in [1.807, 2.05) is 0 Å². The van der Waals surface area contributed by atoms with E-state index >= 15 is 0 Å². The molecule has 0 aliphatic carbocycles. The minimum Gasteiger partial charge on any atom is -0.353 e. The van der Waals surface area contributed by atoms with Crippen LogP contribution in [0, 0.1) is 11.8 Å². The monoisotopic (exact) mass is 169 g/mol. The number of fused-ring (bicyclic) bond motifs is 1. The molecule has 2 heteroatoms. The molecule has 0 aromatic heterocycles. The molecule has 0 aromatic carbocycles. The fourth-order valence-electron chi connectivity index (χ4n) is 2.48. The van der Waals surface area contributed by atoms with Crippen molar-refractivity contribution in [3.63, 3.8) is 0 Å². The predicted octanol–water partition coefficient (Wildman–Crippen LogP) is 1.76. The van der Waals surface area contributed by atoms with Gasteiger partial charge >= 0.3 is 0 Å². The largest absolute Gasteiger partial charge is 0.353 e. The Morgan fingerprint density at radius 1 is 1.42 bits per heavy atom. The topological polar surface area (TPSA) is 24.6 Å². The molecule has 0 spiro atoms. The Kier molecular flexibility index (Phi) is 2.13. The molecule has 1 N–H and O–H groups in total. The molecular formula is C10H19NO. The van der Waals surface area contributed by atoms with Gasteiger partial charge in [0.2, 0.25) is 0 Å². The van der Waals surface area contributed by atoms with Crippen LogP contribution in [0.2, 0.25) is 0 Å². The maximum atomic E-state index is 5.56. The number of nitrogens with one attached hydrogen (secondary N) is 1. The molecule has 12 heavy (non-hydrogen) atoms. The van der Waals surface area contributed by atoms with E-state index in [1.54, 1.807) is 0 Å². The van der Waals surface area contributed by atoms with E-state index in [9.17, 15) is 0 Å². The standard InChI is InChI=1S/C10H19NO/c1-4-8-5-6(2)11-10-9(12-10)7(8)3/h6-11H,4-5H2,1-3H3. The maximum Gasteiger partial charge on any atom is 0.135 e. The van der Waals surface area contributed by atoms with E-state index < -0.39 is 0 Å². The second-order valence-corrected chi connectivity index (χ2v) is 4.35. The first-order chi connectivity index (χ1) is 5.72. The van der Waals surface area contributed by atoms with Gasteiger partial charge in [-0.3, -0.25) is 5.32 Å². The minimum absolute atomic E-state index is 0.381. The summed E-state index contributed by atoms with van der Waals surface area (Å²) in [5.41, 5.74) is 0. The summed E-state index contributed by atoms with van der Waals surface area (Å²) in [5, 5.41) is 3.49. The molecule has 2 rings (SSSR count). The Bertz CT molecular complexity index is 171. The molecule has 5 unspecified atom stereocenters. The Hall–Kier alpha value is -0.0800. The lowest BCUT2D eigenvalue weighted by molar-refractivity contribution is 0.211. The molecular weight excluding hydrogens is 150 g/mol. The summed E-state index contributed by atoms with van der Waals surface area (Å²) in [6.07, 6.45) is 3.50. The van der Waals surface area contributed by atoms with Crippen molar-refractivity contribution in [3.8, 4) is 0 Å². The average molecular weight is 169 g/mol. The van der Waals surface area contributed by atoms with Gasteiger partial charge in [-0.2, -0.15) is 0 Å². The van der Waals surface area contributed by atoms with Crippen LogP contribution in [0.5, 0.6) is 0 Å². The van der Waals surface area contributed by atoms with Crippen molar-refractivity contribution in [2.45, 2.75) is 52.0 Å². The van der Waals surface area contributed by atoms with Crippen LogP contribution in [0.25, 0.3) is 0 Å². The van der Waals surface area contributed by atoms with E-state index in [-0.39, 0.29) is 0 Å². The fraction of sp³-hybridized carbons (Fsp3) is 1.00. The Labute approximate surface area is 74.7 Å². The molecule has 0 saturated carbocycles. The minimum atomic E-state index is 0.381. The zero-order valence-electron chi connectivity index (χ0n) is 8.21. The van der Waals surface area contributed by atoms with Crippen molar-refractivity contribution < 1.29 is 4.74 Å². The van der Waals surface area contributed by atoms with Crippen molar-refractivity contribution in [2.24, 2.45) is 11.8 Å². The highest BCUT2D eigenvalue weighted by atomic mass is 16.6. The third kappa shape index (κ3) is 1.38. The van der Waals surface area contributed by atoms with Crippen LogP contribution in [0.15, 0.2) is 0 Å². The summed E-state index contributed by atoms with van der Waals surface area (Å²) in [7, 11) is 0. The molecule has 0 radical (unpaired) electrons. The van der Waals surface area contributed by atoms with Crippen molar-refractivity contribution >= 4 is 0 Å². The molecule has 2 nitrogen and oxygen atoms in total. The van der Waals surface area contributed by atoms with E-state index in [0.717, 1.165) is 11.8 Å². The molecule has 2 fully saturated rings. The number of hydrogen-bond acceptors (Lipinski definition) is 2. The van der Waals surface area contributed by atoms with Gasteiger partial charge in [0.15, 0.2) is 0 Å². The second kappa shape index (κ2) is 3.00. The average Bonchev–Trinajstić information content (AvgIpc) is 2.77. The number of hydrogen-bond donors (Lipinski definition) is 1. The molecule has 5 atom stereocenters. The molecule has 2 aliphatic heterocycles. The lowest BCUT2D eigenvalue weighted by atomic mass is 9.85. The first-order valence-electron chi connectivity index (χ1n) is 5.14. The van der Waals surface area contributed by atoms with Crippen LogP contribution >= 0.6 is 0 Å². The Balaban J connectivity index is 2.03. The van der Waals surface area contributed by atoms with Gasteiger partial charge in [0.25, 0.3) is 0 Å². The Morgan fingerprint density at radius 2 is 2.17 bits per heavy atom. The number of rotatable bonds is 1. The van der Waals surface area contributed by atoms with E-state index in [0.29, 0.717) is 18.4 Å². The summed E-state index contributed by atoms with van der Waals surface area (Å²) in [6, 6.07) is 0.634. The lowest BCUT2D eigenvalue weighted by Crippen LogP contribution is -2.28. The van der Waals surface area contributed by atoms with E-state index in [2.05, 4.69) is 26.1 Å². The van der Waals surface area contributed by atoms with Gasteiger partial charge in [-0.1, -0.05) is 20.3 Å². The quantitative estimate of drug-likeness (QED) is 0.605. The van der Waals surface area contributed by atoms with Gasteiger partial charge in [0.1, 0.15) is 12.3 Å². The highest BCUT2D eigenvalue weighted by Gasteiger charge is 2.48. The summed E-state index contributed by atoms with van der Waals surface area (Å²) < 4.78 is 5.56. The van der Waals surface area contributed by atoms with Crippen molar-refractivity contribution in [2.75, 3.05) is 0 Å². The highest BCUT2D eigenvalue weighted by Crippen LogP contribution is 2.38. The summed E-state index contributed by atoms with van der Waals surface area (Å²) in [5.74, 6) is 1.60. The van der Waals surface area contributed by atoms with Crippen LogP contribution in [0.4, 0.5) is 0 Å². The van der Waals surface area contributed by atoms with E-state index in [4.69, 9.17) is 4.74 Å². The molecule has 0 amide bonds. The van der Waals surface area contributed by atoms with Crippen LogP contribution in [-0.4, -0.2) is 18.4 Å². The summed E-state index contributed by atoms with van der Waals surface area (Å²) in [6.45, 7) is 6.88. The van der Waals surface area contributed by atoms with Crippen LogP contribution < -0.4 is 5.32 Å². The van der Waals surface area contributed by atoms with Crippen LogP contribution in [0.1, 0.15) is 33.6 Å². The second-order valence-electron chi connectivity index (χ2n) is 4.35. The van der Waals surface area contributed by atoms with Gasteiger partial charge < -0.3 is 4.74 Å². The van der Waals surface area contributed by atoms with Crippen LogP contribution in [0.3, 0.4) is 0 Å². The number of ether oxygens (including phenoxy) is 1. The van der Waals surface area contributed by atoms with Gasteiger partial charge in [-0.15, -0.1) is 0 Å². The molecule has 2 heterocycles. The lowest BCUT2D eigenvalue weighted by Gasteiger charge is -2.21. The number of epoxide rings is 1. The molecule has 70 valence electrons. The third-order valence-corrected chi connectivity index (χ3v) is 3.42. The zero-order valence-corrected chi connectivity index (χ0v) is 8.21. The molecule has 0 bridgehead atoms. The molecule has 0 aromatic rings. The van der Waals surface area contributed by atoms with Gasteiger partial charge in [0.05, 0.1) is 0 Å². The molecule has 2 aliphatic rings. The first kappa shape index (κ1) is 8.52. The third-order valence-electron chi connectivity index (χ3n) is 3.42. The maximum absolute atomic E-state index is 5.56. The smallest absolute Gasteiger partial charge is 0.135 e. The predicted molar refractivity (Wildman–Crippen MR) is 48.8 cm³/mol. The van der Waals surface area contributed by atoms with Gasteiger partial charge in [-0.05, 0) is 25.2 Å².